The molecule has 34 heavy (non-hydrogen) atoms. The molecule has 2 heterocycles. The fraction of sp³-hybridized carbons (Fsp3) is 0.192. The van der Waals surface area contributed by atoms with E-state index in [2.05, 4.69) is 28.3 Å². The summed E-state index contributed by atoms with van der Waals surface area (Å²) in [5.41, 5.74) is 5.90. The molecule has 3 atom stereocenters. The van der Waals surface area contributed by atoms with Crippen molar-refractivity contribution in [2.75, 3.05) is 4.90 Å². The largest absolute Gasteiger partial charge is 0.274 e. The van der Waals surface area contributed by atoms with Gasteiger partial charge in [0.2, 0.25) is 5.91 Å². The number of nitrogens with one attached hydrogen (secondary N) is 1. The Hall–Kier alpha value is -3.00. The summed E-state index contributed by atoms with van der Waals surface area (Å²) < 4.78 is 0.743. The molecule has 3 aromatic rings. The maximum absolute atomic E-state index is 13.7. The van der Waals surface area contributed by atoms with Crippen molar-refractivity contribution in [3.05, 3.63) is 99.0 Å². The highest BCUT2D eigenvalue weighted by Crippen LogP contribution is 2.43. The van der Waals surface area contributed by atoms with Crippen LogP contribution in [0.2, 0.25) is 5.02 Å². The van der Waals surface area contributed by atoms with Gasteiger partial charge >= 0.3 is 0 Å². The van der Waals surface area contributed by atoms with E-state index in [0.717, 1.165) is 26.9 Å². The lowest BCUT2D eigenvalue weighted by molar-refractivity contribution is -0.123. The van der Waals surface area contributed by atoms with E-state index < -0.39 is 23.9 Å². The molecule has 2 aliphatic rings. The molecule has 3 aromatic carbocycles. The Bertz CT molecular complexity index is 1300. The number of imide groups is 1. The summed E-state index contributed by atoms with van der Waals surface area (Å²) in [6.07, 6.45) is 0.885. The number of halogens is 2. The van der Waals surface area contributed by atoms with Crippen molar-refractivity contribution in [2.24, 2.45) is 5.92 Å². The molecule has 8 heteroatoms. The number of hydrazine groups is 1. The van der Waals surface area contributed by atoms with Crippen molar-refractivity contribution in [3.63, 3.8) is 0 Å². The average molecular weight is 539 g/mol. The van der Waals surface area contributed by atoms with Gasteiger partial charge in [0.05, 0.1) is 22.7 Å². The van der Waals surface area contributed by atoms with Gasteiger partial charge in [0.15, 0.2) is 0 Å². The van der Waals surface area contributed by atoms with Gasteiger partial charge in [-0.2, -0.15) is 0 Å². The molecule has 172 valence electrons. The van der Waals surface area contributed by atoms with Crippen molar-refractivity contribution in [3.8, 4) is 0 Å². The van der Waals surface area contributed by atoms with Crippen molar-refractivity contribution >= 4 is 50.9 Å². The van der Waals surface area contributed by atoms with Crippen LogP contribution in [-0.2, 0) is 16.0 Å². The predicted molar refractivity (Wildman–Crippen MR) is 133 cm³/mol. The second-order valence-electron chi connectivity index (χ2n) is 8.32. The van der Waals surface area contributed by atoms with Crippen LogP contribution in [0.25, 0.3) is 0 Å². The van der Waals surface area contributed by atoms with Gasteiger partial charge in [-0.25, -0.2) is 10.3 Å². The van der Waals surface area contributed by atoms with Crippen LogP contribution in [0, 0.1) is 5.92 Å². The number of hydrogen-bond donors (Lipinski definition) is 1. The van der Waals surface area contributed by atoms with E-state index in [9.17, 15) is 14.4 Å². The van der Waals surface area contributed by atoms with Crippen LogP contribution in [0.4, 0.5) is 5.69 Å². The zero-order chi connectivity index (χ0) is 24.0. The number of rotatable bonds is 4. The minimum atomic E-state index is -0.994. The van der Waals surface area contributed by atoms with Gasteiger partial charge in [0.1, 0.15) is 6.04 Å². The molecular weight excluding hydrogens is 518 g/mol. The van der Waals surface area contributed by atoms with E-state index in [1.807, 2.05) is 30.3 Å². The molecule has 0 saturated carbocycles. The minimum Gasteiger partial charge on any atom is -0.274 e. The summed E-state index contributed by atoms with van der Waals surface area (Å²) in [6, 6.07) is 20.0. The van der Waals surface area contributed by atoms with Gasteiger partial charge in [-0.05, 0) is 47.9 Å². The molecule has 6 nitrogen and oxygen atoms in total. The third-order valence-electron chi connectivity index (χ3n) is 6.37. The summed E-state index contributed by atoms with van der Waals surface area (Å²) in [4.78, 5) is 42.0. The van der Waals surface area contributed by atoms with Gasteiger partial charge in [-0.1, -0.05) is 76.9 Å². The Morgan fingerprint density at radius 3 is 2.41 bits per heavy atom. The van der Waals surface area contributed by atoms with Gasteiger partial charge in [0, 0.05) is 10.0 Å². The van der Waals surface area contributed by atoms with Crippen LogP contribution in [0.3, 0.4) is 0 Å². The normalized spacial score (nSPS) is 21.8. The van der Waals surface area contributed by atoms with Crippen molar-refractivity contribution in [1.29, 1.82) is 0 Å². The molecule has 3 amide bonds. The first-order valence-corrected chi connectivity index (χ1v) is 12.1. The zero-order valence-electron chi connectivity index (χ0n) is 18.2. The maximum atomic E-state index is 13.7. The van der Waals surface area contributed by atoms with E-state index in [0.29, 0.717) is 16.3 Å². The number of anilines is 1. The molecule has 2 aliphatic heterocycles. The van der Waals surface area contributed by atoms with E-state index in [-0.39, 0.29) is 11.8 Å². The summed E-state index contributed by atoms with van der Waals surface area (Å²) in [5, 5.41) is 1.60. The van der Waals surface area contributed by atoms with Crippen LogP contribution in [0.5, 0.6) is 0 Å². The van der Waals surface area contributed by atoms with E-state index in [4.69, 9.17) is 11.6 Å². The monoisotopic (exact) mass is 537 g/mol. The first-order valence-electron chi connectivity index (χ1n) is 11.0. The highest BCUT2D eigenvalue weighted by atomic mass is 79.9. The summed E-state index contributed by atoms with van der Waals surface area (Å²) in [7, 11) is 0. The zero-order valence-corrected chi connectivity index (χ0v) is 20.6. The number of fused-ring (bicyclic) bond motifs is 1. The minimum absolute atomic E-state index is 0.297. The average Bonchev–Trinajstić information content (AvgIpc) is 3.36. The highest BCUT2D eigenvalue weighted by molar-refractivity contribution is 9.10. The van der Waals surface area contributed by atoms with Gasteiger partial charge < -0.3 is 0 Å². The Labute approximate surface area is 210 Å². The summed E-state index contributed by atoms with van der Waals surface area (Å²) in [5.74, 6) is -2.03. The third-order valence-corrected chi connectivity index (χ3v) is 7.18. The highest BCUT2D eigenvalue weighted by Gasteiger charge is 2.60. The number of amides is 3. The molecule has 1 N–H and O–H groups in total. The number of para-hydroxylation sites is 1. The smallest absolute Gasteiger partial charge is 0.268 e. The second-order valence-corrected chi connectivity index (χ2v) is 9.64. The van der Waals surface area contributed by atoms with Crippen LogP contribution in [0.15, 0.2) is 77.3 Å². The second kappa shape index (κ2) is 8.98. The fourth-order valence-corrected chi connectivity index (χ4v) is 5.26. The molecule has 0 unspecified atom stereocenters. The van der Waals surface area contributed by atoms with Crippen molar-refractivity contribution < 1.29 is 14.4 Å². The molecule has 0 aliphatic carbocycles. The molecule has 0 bridgehead atoms. The molecule has 0 aromatic heterocycles. The molecular formula is C26H21BrClN3O3. The third kappa shape index (κ3) is 3.74. The number of carbonyl (C=O) groups is 3. The lowest BCUT2D eigenvalue weighted by atomic mass is 9.90. The predicted octanol–water partition coefficient (Wildman–Crippen LogP) is 4.92. The Morgan fingerprint density at radius 2 is 1.74 bits per heavy atom. The quantitative estimate of drug-likeness (QED) is 0.479. The molecule has 2 saturated heterocycles. The van der Waals surface area contributed by atoms with Crippen molar-refractivity contribution in [2.45, 2.75) is 25.4 Å². The maximum Gasteiger partial charge on any atom is 0.268 e. The number of benzene rings is 3. The topological polar surface area (TPSA) is 69.7 Å². The van der Waals surface area contributed by atoms with Crippen LogP contribution in [-0.4, -0.2) is 28.8 Å². The lowest BCUT2D eigenvalue weighted by Gasteiger charge is -2.25. The SMILES string of the molecule is CCc1ccc([C@@H]2NN(C(=O)c3cccc(Br)c3)[C@@H]3C(=O)N(c4ccccc4Cl)C(=O)[C@H]32)cc1. The summed E-state index contributed by atoms with van der Waals surface area (Å²) in [6.45, 7) is 2.07. The molecule has 5 rings (SSSR count). The standard InChI is InChI=1S/C26H21BrClN3O3/c1-2-15-10-12-16(13-11-15)22-21-23(31(29-22)24(32)17-6-5-7-18(27)14-17)26(34)30(25(21)33)20-9-4-3-8-19(20)28/h3-14,21-23,29H,2H2,1H3/t21-,22-,23-/m0/s1. The number of hydrogen-bond acceptors (Lipinski definition) is 4. The summed E-state index contributed by atoms with van der Waals surface area (Å²) >= 11 is 9.74. The Kier molecular flexibility index (Phi) is 6.02. The fourth-order valence-electron chi connectivity index (χ4n) is 4.64. The van der Waals surface area contributed by atoms with Crippen LogP contribution >= 0.6 is 27.5 Å². The Balaban J connectivity index is 1.59. The van der Waals surface area contributed by atoms with E-state index in [1.165, 1.54) is 5.01 Å². The van der Waals surface area contributed by atoms with E-state index >= 15 is 0 Å². The number of aryl methyl sites for hydroxylation is 1. The first kappa shape index (κ1) is 22.8. The molecule has 0 spiro atoms. The number of nitrogens with zero attached hydrogens (tertiary/aromatic N) is 2. The molecule has 2 fully saturated rings. The first-order chi connectivity index (χ1) is 16.4. The van der Waals surface area contributed by atoms with Crippen LogP contribution in [0.1, 0.15) is 34.5 Å². The molecule has 0 radical (unpaired) electrons. The van der Waals surface area contributed by atoms with Gasteiger partial charge in [-0.3, -0.25) is 19.4 Å². The van der Waals surface area contributed by atoms with Gasteiger partial charge in [0.25, 0.3) is 11.8 Å². The van der Waals surface area contributed by atoms with E-state index in [1.54, 1.807) is 42.5 Å². The van der Waals surface area contributed by atoms with Gasteiger partial charge in [-0.15, -0.1) is 0 Å². The Morgan fingerprint density at radius 1 is 1.00 bits per heavy atom. The van der Waals surface area contributed by atoms with Crippen LogP contribution < -0.4 is 10.3 Å². The van der Waals surface area contributed by atoms with Crippen molar-refractivity contribution in [1.82, 2.24) is 10.4 Å². The lowest BCUT2D eigenvalue weighted by Crippen LogP contribution is -2.48. The number of carbonyl (C=O) groups excluding carboxylic acids is 3.